The summed E-state index contributed by atoms with van der Waals surface area (Å²) in [7, 11) is 0. The van der Waals surface area contributed by atoms with E-state index in [1.54, 1.807) is 24.3 Å². The third-order valence-corrected chi connectivity index (χ3v) is 3.54. The second-order valence-corrected chi connectivity index (χ2v) is 5.09. The minimum Gasteiger partial charge on any atom is -0.283 e. The number of hydrogen-bond donors (Lipinski definition) is 0. The van der Waals surface area contributed by atoms with E-state index in [1.807, 2.05) is 6.07 Å². The number of halogens is 1. The Balaban J connectivity index is 2.70. The van der Waals surface area contributed by atoms with Gasteiger partial charge in [0.25, 0.3) is 5.56 Å². The van der Waals surface area contributed by atoms with E-state index in [4.69, 9.17) is 16.9 Å². The van der Waals surface area contributed by atoms with Crippen molar-refractivity contribution in [3.8, 4) is 6.07 Å². The van der Waals surface area contributed by atoms with E-state index in [0.29, 0.717) is 27.6 Å². The second-order valence-electron chi connectivity index (χ2n) is 3.71. The van der Waals surface area contributed by atoms with Gasteiger partial charge in [0, 0.05) is 11.6 Å². The summed E-state index contributed by atoms with van der Waals surface area (Å²) in [5.41, 5.74) is 0.389. The molecule has 1 aromatic heterocycles. The molecule has 0 bridgehead atoms. The molecule has 2 aromatic rings. The van der Waals surface area contributed by atoms with Gasteiger partial charge in [0.2, 0.25) is 0 Å². The summed E-state index contributed by atoms with van der Waals surface area (Å²) < 4.78 is 1.51. The molecule has 0 saturated carbocycles. The zero-order valence-corrected chi connectivity index (χ0v) is 11.5. The van der Waals surface area contributed by atoms with Crippen LogP contribution < -0.4 is 5.56 Å². The molecule has 4 nitrogen and oxygen atoms in total. The summed E-state index contributed by atoms with van der Waals surface area (Å²) in [6.45, 7) is 3.99. The second kappa shape index (κ2) is 5.91. The highest BCUT2D eigenvalue weighted by Crippen LogP contribution is 2.20. The van der Waals surface area contributed by atoms with Crippen molar-refractivity contribution >= 4 is 34.3 Å². The highest BCUT2D eigenvalue weighted by atomic mass is 35.5. The van der Waals surface area contributed by atoms with Crippen molar-refractivity contribution in [3.05, 3.63) is 46.2 Å². The molecule has 0 saturated heterocycles. The fourth-order valence-corrected chi connectivity index (χ4v) is 2.51. The third-order valence-electron chi connectivity index (χ3n) is 2.46. The van der Waals surface area contributed by atoms with Crippen LogP contribution in [0.25, 0.3) is 10.9 Å². The van der Waals surface area contributed by atoms with E-state index >= 15 is 0 Å². The van der Waals surface area contributed by atoms with E-state index in [2.05, 4.69) is 11.6 Å². The van der Waals surface area contributed by atoms with Crippen LogP contribution in [0.2, 0.25) is 5.02 Å². The van der Waals surface area contributed by atoms with Gasteiger partial charge in [-0.15, -0.1) is 6.58 Å². The molecule has 0 unspecified atom stereocenters. The summed E-state index contributed by atoms with van der Waals surface area (Å²) >= 11 is 7.13. The molecule has 6 heteroatoms. The molecular formula is C13H10ClN3OS. The SMILES string of the molecule is C=CCn1c(SCC#N)nc2cc(Cl)ccc2c1=O. The summed E-state index contributed by atoms with van der Waals surface area (Å²) in [6, 6.07) is 6.98. The number of allylic oxidation sites excluding steroid dienone is 1. The monoisotopic (exact) mass is 291 g/mol. The standard InChI is InChI=1S/C13H10ClN3OS/c1-2-6-17-12(18)10-4-3-9(14)8-11(10)16-13(17)19-7-5-15/h2-4,8H,1,6-7H2. The topological polar surface area (TPSA) is 58.7 Å². The van der Waals surface area contributed by atoms with Gasteiger partial charge in [0.15, 0.2) is 5.16 Å². The Hall–Kier alpha value is -1.77. The predicted octanol–water partition coefficient (Wildman–Crippen LogP) is 2.85. The molecule has 96 valence electrons. The van der Waals surface area contributed by atoms with Crippen LogP contribution in [0.4, 0.5) is 0 Å². The maximum atomic E-state index is 12.3. The molecule has 2 rings (SSSR count). The smallest absolute Gasteiger partial charge is 0.262 e. The fraction of sp³-hybridized carbons (Fsp3) is 0.154. The molecule has 0 atom stereocenters. The zero-order chi connectivity index (χ0) is 13.8. The van der Waals surface area contributed by atoms with Crippen molar-refractivity contribution in [2.45, 2.75) is 11.7 Å². The average Bonchev–Trinajstić information content (AvgIpc) is 2.40. The number of aromatic nitrogens is 2. The molecule has 0 aliphatic rings. The number of hydrogen-bond acceptors (Lipinski definition) is 4. The maximum absolute atomic E-state index is 12.3. The van der Waals surface area contributed by atoms with Gasteiger partial charge in [-0.05, 0) is 18.2 Å². The highest BCUT2D eigenvalue weighted by molar-refractivity contribution is 7.99. The van der Waals surface area contributed by atoms with Crippen LogP contribution in [0, 0.1) is 11.3 Å². The number of benzene rings is 1. The largest absolute Gasteiger partial charge is 0.283 e. The molecular weight excluding hydrogens is 282 g/mol. The van der Waals surface area contributed by atoms with Gasteiger partial charge in [0.1, 0.15) is 0 Å². The fourth-order valence-electron chi connectivity index (χ4n) is 1.67. The van der Waals surface area contributed by atoms with E-state index in [1.165, 1.54) is 16.3 Å². The molecule has 0 spiro atoms. The lowest BCUT2D eigenvalue weighted by molar-refractivity contribution is 0.672. The third kappa shape index (κ3) is 2.80. The number of nitriles is 1. The van der Waals surface area contributed by atoms with Crippen LogP contribution in [-0.4, -0.2) is 15.3 Å². The summed E-state index contributed by atoms with van der Waals surface area (Å²) in [5.74, 6) is 0.232. The van der Waals surface area contributed by atoms with Crippen LogP contribution in [-0.2, 0) is 6.54 Å². The Morgan fingerprint density at radius 1 is 1.58 bits per heavy atom. The molecule has 19 heavy (non-hydrogen) atoms. The van der Waals surface area contributed by atoms with Crippen molar-refractivity contribution in [2.75, 3.05) is 5.75 Å². The van der Waals surface area contributed by atoms with Crippen LogP contribution in [0.3, 0.4) is 0 Å². The van der Waals surface area contributed by atoms with Gasteiger partial charge >= 0.3 is 0 Å². The molecule has 0 aliphatic carbocycles. The van der Waals surface area contributed by atoms with Gasteiger partial charge in [-0.2, -0.15) is 5.26 Å². The average molecular weight is 292 g/mol. The van der Waals surface area contributed by atoms with Crippen LogP contribution in [0.1, 0.15) is 0 Å². The van der Waals surface area contributed by atoms with Crippen molar-refractivity contribution in [1.82, 2.24) is 9.55 Å². The molecule has 0 fully saturated rings. The van der Waals surface area contributed by atoms with E-state index in [9.17, 15) is 4.79 Å². The van der Waals surface area contributed by atoms with Crippen LogP contribution in [0.15, 0.2) is 40.8 Å². The van der Waals surface area contributed by atoms with Gasteiger partial charge in [-0.1, -0.05) is 29.4 Å². The molecule has 1 aromatic carbocycles. The van der Waals surface area contributed by atoms with Crippen LogP contribution in [0.5, 0.6) is 0 Å². The minimum atomic E-state index is -0.151. The van der Waals surface area contributed by atoms with Gasteiger partial charge in [-0.25, -0.2) is 4.98 Å². The first-order chi connectivity index (χ1) is 9.17. The lowest BCUT2D eigenvalue weighted by Crippen LogP contribution is -2.22. The van der Waals surface area contributed by atoms with Crippen molar-refractivity contribution in [2.24, 2.45) is 0 Å². The van der Waals surface area contributed by atoms with Gasteiger partial charge in [-0.3, -0.25) is 9.36 Å². The summed E-state index contributed by atoms with van der Waals surface area (Å²) in [6.07, 6.45) is 1.63. The lowest BCUT2D eigenvalue weighted by atomic mass is 10.2. The first-order valence-electron chi connectivity index (χ1n) is 5.48. The lowest BCUT2D eigenvalue weighted by Gasteiger charge is -2.10. The first kappa shape index (κ1) is 13.7. The van der Waals surface area contributed by atoms with Crippen molar-refractivity contribution < 1.29 is 0 Å². The Morgan fingerprint density at radius 2 is 2.37 bits per heavy atom. The van der Waals surface area contributed by atoms with Gasteiger partial charge < -0.3 is 0 Å². The van der Waals surface area contributed by atoms with Crippen molar-refractivity contribution in [1.29, 1.82) is 5.26 Å². The minimum absolute atomic E-state index is 0.151. The Morgan fingerprint density at radius 3 is 3.05 bits per heavy atom. The zero-order valence-electron chi connectivity index (χ0n) is 9.97. The molecule has 0 amide bonds. The summed E-state index contributed by atoms with van der Waals surface area (Å²) in [4.78, 5) is 16.7. The molecule has 0 N–H and O–H groups in total. The van der Waals surface area contributed by atoms with Crippen LogP contribution >= 0.6 is 23.4 Å². The molecule has 1 heterocycles. The van der Waals surface area contributed by atoms with Crippen molar-refractivity contribution in [3.63, 3.8) is 0 Å². The summed E-state index contributed by atoms with van der Waals surface area (Å²) in [5, 5.41) is 10.2. The Labute approximate surface area is 119 Å². The number of nitrogens with zero attached hydrogens (tertiary/aromatic N) is 3. The Bertz CT molecular complexity index is 733. The molecule has 0 radical (unpaired) electrons. The normalized spacial score (nSPS) is 10.3. The maximum Gasteiger partial charge on any atom is 0.262 e. The first-order valence-corrected chi connectivity index (χ1v) is 6.84. The number of thioether (sulfide) groups is 1. The van der Waals surface area contributed by atoms with E-state index < -0.39 is 0 Å². The molecule has 0 aliphatic heterocycles. The predicted molar refractivity (Wildman–Crippen MR) is 77.5 cm³/mol. The van der Waals surface area contributed by atoms with E-state index in [-0.39, 0.29) is 11.3 Å². The van der Waals surface area contributed by atoms with E-state index in [0.717, 1.165) is 0 Å². The number of rotatable bonds is 4. The number of fused-ring (bicyclic) bond motifs is 1. The quantitative estimate of drug-likeness (QED) is 0.494. The van der Waals surface area contributed by atoms with Gasteiger partial charge in [0.05, 0.1) is 22.7 Å². The highest BCUT2D eigenvalue weighted by Gasteiger charge is 2.10. The Kier molecular flexibility index (Phi) is 4.25.